The van der Waals surface area contributed by atoms with E-state index < -0.39 is 10.0 Å². The summed E-state index contributed by atoms with van der Waals surface area (Å²) in [5, 5.41) is 1.39. The van der Waals surface area contributed by atoms with Crippen molar-refractivity contribution in [3.05, 3.63) is 69.7 Å². The van der Waals surface area contributed by atoms with Crippen molar-refractivity contribution in [3.63, 3.8) is 0 Å². The Kier molecular flexibility index (Phi) is 7.74. The lowest BCUT2D eigenvalue weighted by atomic mass is 9.93. The van der Waals surface area contributed by atoms with Crippen LogP contribution in [-0.4, -0.2) is 92.1 Å². The van der Waals surface area contributed by atoms with E-state index in [1.165, 1.54) is 10.6 Å². The van der Waals surface area contributed by atoms with Gasteiger partial charge in [-0.3, -0.25) is 4.90 Å². The molecule has 0 aromatic heterocycles. The summed E-state index contributed by atoms with van der Waals surface area (Å²) in [5.41, 5.74) is 2.30. The molecule has 0 saturated carbocycles. The minimum atomic E-state index is -3.24. The van der Waals surface area contributed by atoms with Gasteiger partial charge in [-0.15, -0.1) is 0 Å². The third kappa shape index (κ3) is 5.86. The van der Waals surface area contributed by atoms with E-state index in [1.54, 1.807) is 4.90 Å². The van der Waals surface area contributed by atoms with Crippen molar-refractivity contribution in [2.24, 2.45) is 0 Å². The summed E-state index contributed by atoms with van der Waals surface area (Å²) in [6, 6.07) is 15.8. The van der Waals surface area contributed by atoms with E-state index in [-0.39, 0.29) is 18.0 Å². The van der Waals surface area contributed by atoms with Crippen LogP contribution in [0.5, 0.6) is 0 Å². The van der Waals surface area contributed by atoms with Gasteiger partial charge >= 0.3 is 6.03 Å². The maximum absolute atomic E-state index is 13.4. The Hall–Kier alpha value is -1.84. The molecule has 0 bridgehead atoms. The summed E-state index contributed by atoms with van der Waals surface area (Å²) < 4.78 is 25.1. The number of carbonyl (C=O) groups excluding carboxylic acids is 1. The van der Waals surface area contributed by atoms with Gasteiger partial charge in [0.05, 0.1) is 6.26 Å². The smallest absolute Gasteiger partial charge is 0.320 e. The van der Waals surface area contributed by atoms with E-state index in [0.29, 0.717) is 49.3 Å². The van der Waals surface area contributed by atoms with Crippen LogP contribution in [0, 0.1) is 0 Å². The number of amides is 2. The zero-order chi connectivity index (χ0) is 24.5. The molecule has 0 radical (unpaired) electrons. The quantitative estimate of drug-likeness (QED) is 0.599. The summed E-state index contributed by atoms with van der Waals surface area (Å²) in [6.07, 6.45) is 1.21. The number of benzene rings is 2. The van der Waals surface area contributed by atoms with Crippen LogP contribution in [0.3, 0.4) is 0 Å². The second kappa shape index (κ2) is 10.4. The van der Waals surface area contributed by atoms with Gasteiger partial charge in [-0.05, 0) is 42.4 Å². The number of likely N-dealkylation sites (N-methyl/N-ethyl adjacent to an activating group) is 1. The molecule has 2 atom stereocenters. The van der Waals surface area contributed by atoms with Crippen molar-refractivity contribution < 1.29 is 13.2 Å². The molecular formula is C24H30Cl2N4O3S. The van der Waals surface area contributed by atoms with E-state index in [1.807, 2.05) is 53.4 Å². The Labute approximate surface area is 211 Å². The van der Waals surface area contributed by atoms with Crippen LogP contribution < -0.4 is 0 Å². The van der Waals surface area contributed by atoms with Crippen molar-refractivity contribution in [1.29, 1.82) is 0 Å². The number of nitrogens with zero attached hydrogens (tertiary/aromatic N) is 4. The molecule has 0 N–H and O–H groups in total. The Balaban J connectivity index is 1.49. The van der Waals surface area contributed by atoms with E-state index in [0.717, 1.165) is 17.7 Å². The first kappa shape index (κ1) is 25.3. The van der Waals surface area contributed by atoms with Gasteiger partial charge < -0.3 is 9.80 Å². The molecule has 2 aromatic rings. The van der Waals surface area contributed by atoms with Crippen LogP contribution in [0.1, 0.15) is 17.0 Å². The fourth-order valence-corrected chi connectivity index (χ4v) is 5.91. The molecule has 0 aliphatic carbocycles. The number of hydrogen-bond acceptors (Lipinski definition) is 4. The molecule has 2 aliphatic rings. The third-order valence-electron chi connectivity index (χ3n) is 6.75. The molecule has 184 valence electrons. The van der Waals surface area contributed by atoms with Crippen LogP contribution in [0.4, 0.5) is 4.79 Å². The van der Waals surface area contributed by atoms with Gasteiger partial charge in [0, 0.05) is 67.8 Å². The fourth-order valence-electron chi connectivity index (χ4n) is 4.83. The predicted octanol–water partition coefficient (Wildman–Crippen LogP) is 3.59. The largest absolute Gasteiger partial charge is 0.322 e. The Morgan fingerprint density at radius 3 is 2.03 bits per heavy atom. The number of piperazine rings is 1. The van der Waals surface area contributed by atoms with Gasteiger partial charge in [0.2, 0.25) is 10.0 Å². The highest BCUT2D eigenvalue weighted by molar-refractivity contribution is 7.88. The normalized spacial score (nSPS) is 21.9. The highest BCUT2D eigenvalue weighted by Crippen LogP contribution is 2.33. The van der Waals surface area contributed by atoms with Gasteiger partial charge in [0.1, 0.15) is 0 Å². The van der Waals surface area contributed by atoms with Crippen LogP contribution in [0.15, 0.2) is 48.5 Å². The van der Waals surface area contributed by atoms with Crippen LogP contribution in [0.2, 0.25) is 10.0 Å². The van der Waals surface area contributed by atoms with Gasteiger partial charge in [0.25, 0.3) is 0 Å². The highest BCUT2D eigenvalue weighted by atomic mass is 35.5. The fraction of sp³-hybridized carbons (Fsp3) is 0.458. The number of carbonyl (C=O) groups is 1. The molecule has 2 heterocycles. The Morgan fingerprint density at radius 1 is 0.912 bits per heavy atom. The average molecular weight is 526 g/mol. The highest BCUT2D eigenvalue weighted by Gasteiger charge is 2.40. The first-order valence-electron chi connectivity index (χ1n) is 11.3. The lowest BCUT2D eigenvalue weighted by Gasteiger charge is -2.35. The molecule has 4 rings (SSSR count). The average Bonchev–Trinajstić information content (AvgIpc) is 3.26. The number of rotatable bonds is 5. The molecule has 2 amide bonds. The van der Waals surface area contributed by atoms with Gasteiger partial charge in [0.15, 0.2) is 0 Å². The van der Waals surface area contributed by atoms with Crippen molar-refractivity contribution in [2.75, 3.05) is 52.6 Å². The summed E-state index contributed by atoms with van der Waals surface area (Å²) in [7, 11) is -1.15. The zero-order valence-electron chi connectivity index (χ0n) is 19.4. The predicted molar refractivity (Wildman–Crippen MR) is 136 cm³/mol. The number of hydrogen-bond donors (Lipinski definition) is 0. The molecule has 2 aromatic carbocycles. The number of halogens is 2. The van der Waals surface area contributed by atoms with Crippen molar-refractivity contribution >= 4 is 39.3 Å². The maximum atomic E-state index is 13.4. The topological polar surface area (TPSA) is 64.2 Å². The van der Waals surface area contributed by atoms with Crippen LogP contribution in [-0.2, 0) is 16.6 Å². The van der Waals surface area contributed by atoms with E-state index in [2.05, 4.69) is 11.9 Å². The van der Waals surface area contributed by atoms with E-state index >= 15 is 0 Å². The molecule has 7 nitrogen and oxygen atoms in total. The Bertz CT molecular complexity index is 1100. The molecule has 34 heavy (non-hydrogen) atoms. The van der Waals surface area contributed by atoms with E-state index in [9.17, 15) is 13.2 Å². The number of likely N-dealkylation sites (tertiary alicyclic amines) is 1. The zero-order valence-corrected chi connectivity index (χ0v) is 21.7. The van der Waals surface area contributed by atoms with Crippen molar-refractivity contribution in [1.82, 2.24) is 19.0 Å². The monoisotopic (exact) mass is 524 g/mol. The summed E-state index contributed by atoms with van der Waals surface area (Å²) >= 11 is 12.2. The molecule has 2 aliphatic heterocycles. The lowest BCUT2D eigenvalue weighted by molar-refractivity contribution is 0.138. The summed E-state index contributed by atoms with van der Waals surface area (Å²) in [5.74, 6) is 0.135. The first-order valence-corrected chi connectivity index (χ1v) is 13.9. The molecule has 2 fully saturated rings. The standard InChI is InChI=1S/C24H30Cl2N4O3S/c1-27(15-18-3-7-20(25)8-4-18)23-17-29(16-22(23)19-5-9-21(26)10-6-19)24(31)28-11-13-30(14-12-28)34(2,32)33/h3-10,22-23H,11-17H2,1-2H3/t22-,23+/m1/s1. The van der Waals surface area contributed by atoms with Crippen LogP contribution >= 0.6 is 23.2 Å². The van der Waals surface area contributed by atoms with Gasteiger partial charge in [-0.2, -0.15) is 4.31 Å². The molecule has 2 saturated heterocycles. The molecular weight excluding hydrogens is 495 g/mol. The Morgan fingerprint density at radius 2 is 1.47 bits per heavy atom. The van der Waals surface area contributed by atoms with Crippen molar-refractivity contribution in [2.45, 2.75) is 18.5 Å². The molecule has 0 unspecified atom stereocenters. The minimum Gasteiger partial charge on any atom is -0.322 e. The third-order valence-corrected chi connectivity index (χ3v) is 8.55. The van der Waals surface area contributed by atoms with Gasteiger partial charge in [-0.1, -0.05) is 47.5 Å². The van der Waals surface area contributed by atoms with Gasteiger partial charge in [-0.25, -0.2) is 13.2 Å². The second-order valence-electron chi connectivity index (χ2n) is 9.10. The summed E-state index contributed by atoms with van der Waals surface area (Å²) in [6.45, 7) is 3.41. The SMILES string of the molecule is CN(Cc1ccc(Cl)cc1)[C@H]1CN(C(=O)N2CCN(S(C)(=O)=O)CC2)C[C@@H]1c1ccc(Cl)cc1. The maximum Gasteiger partial charge on any atom is 0.320 e. The lowest BCUT2D eigenvalue weighted by Crippen LogP contribution is -2.53. The van der Waals surface area contributed by atoms with E-state index in [4.69, 9.17) is 23.2 Å². The molecule has 0 spiro atoms. The molecule has 10 heteroatoms. The van der Waals surface area contributed by atoms with Crippen LogP contribution in [0.25, 0.3) is 0 Å². The minimum absolute atomic E-state index is 0.0329. The number of sulfonamides is 1. The second-order valence-corrected chi connectivity index (χ2v) is 12.0. The summed E-state index contributed by atoms with van der Waals surface area (Å²) in [4.78, 5) is 19.3. The first-order chi connectivity index (χ1) is 16.1. The number of urea groups is 1. The van der Waals surface area contributed by atoms with Crippen molar-refractivity contribution in [3.8, 4) is 0 Å².